The van der Waals surface area contributed by atoms with Crippen LogP contribution in [0.25, 0.3) is 0 Å². The third-order valence-corrected chi connectivity index (χ3v) is 2.37. The van der Waals surface area contributed by atoms with E-state index in [1.165, 1.54) is 30.3 Å². The predicted octanol–water partition coefficient (Wildman–Crippen LogP) is 2.17. The Morgan fingerprint density at radius 3 is 2.47 bits per heavy atom. The minimum absolute atomic E-state index is 0.00764. The summed E-state index contributed by atoms with van der Waals surface area (Å²) >= 11 is 0. The van der Waals surface area contributed by atoms with Gasteiger partial charge in [0.05, 0.1) is 11.3 Å². The molecule has 1 aromatic heterocycles. The van der Waals surface area contributed by atoms with E-state index in [0.29, 0.717) is 0 Å². The molecule has 96 valence electrons. The van der Waals surface area contributed by atoms with Crippen LogP contribution in [0.3, 0.4) is 0 Å². The van der Waals surface area contributed by atoms with Crippen LogP contribution in [0.1, 0.15) is 20.8 Å². The molecule has 0 fully saturated rings. The summed E-state index contributed by atoms with van der Waals surface area (Å²) in [5, 5.41) is 11.0. The Morgan fingerprint density at radius 1 is 1.16 bits per heavy atom. The Morgan fingerprint density at radius 2 is 1.89 bits per heavy atom. The highest BCUT2D eigenvalue weighted by Gasteiger charge is 2.11. The molecule has 5 nitrogen and oxygen atoms in total. The summed E-state index contributed by atoms with van der Waals surface area (Å²) in [6.07, 6.45) is 1.07. The van der Waals surface area contributed by atoms with E-state index in [1.54, 1.807) is 6.07 Å². The molecule has 1 amide bonds. The molecule has 19 heavy (non-hydrogen) atoms. The van der Waals surface area contributed by atoms with Crippen molar-refractivity contribution in [2.24, 2.45) is 0 Å². The van der Waals surface area contributed by atoms with Crippen LogP contribution in [-0.2, 0) is 0 Å². The molecule has 0 aliphatic heterocycles. The molecule has 0 spiro atoms. The van der Waals surface area contributed by atoms with E-state index in [-0.39, 0.29) is 16.9 Å². The maximum absolute atomic E-state index is 13.3. The van der Waals surface area contributed by atoms with Crippen molar-refractivity contribution in [1.29, 1.82) is 0 Å². The number of hydrogen-bond donors (Lipinski definition) is 2. The van der Waals surface area contributed by atoms with Crippen molar-refractivity contribution < 1.29 is 19.1 Å². The second-order valence-electron chi connectivity index (χ2n) is 3.67. The van der Waals surface area contributed by atoms with Crippen LogP contribution in [0.2, 0.25) is 0 Å². The van der Waals surface area contributed by atoms with Crippen molar-refractivity contribution in [3.63, 3.8) is 0 Å². The number of amides is 1. The molecule has 0 aliphatic carbocycles. The number of aromatic nitrogens is 1. The van der Waals surface area contributed by atoms with Gasteiger partial charge in [-0.25, -0.2) is 9.18 Å². The number of benzene rings is 1. The Bertz CT molecular complexity index is 626. The van der Waals surface area contributed by atoms with E-state index in [2.05, 4.69) is 10.3 Å². The first kappa shape index (κ1) is 12.7. The van der Waals surface area contributed by atoms with Crippen molar-refractivity contribution in [1.82, 2.24) is 4.98 Å². The number of carbonyl (C=O) groups excluding carboxylic acids is 1. The largest absolute Gasteiger partial charge is 0.478 e. The fourth-order valence-electron chi connectivity index (χ4n) is 1.40. The molecule has 0 saturated carbocycles. The van der Waals surface area contributed by atoms with Crippen LogP contribution in [0, 0.1) is 5.82 Å². The van der Waals surface area contributed by atoms with Crippen LogP contribution in [0.4, 0.5) is 10.1 Å². The van der Waals surface area contributed by atoms with E-state index in [0.717, 1.165) is 6.20 Å². The highest BCUT2D eigenvalue weighted by atomic mass is 19.1. The van der Waals surface area contributed by atoms with E-state index >= 15 is 0 Å². The SMILES string of the molecule is O=C(O)c1ccc(C(=O)Nc2ccccc2F)nc1. The number of carbonyl (C=O) groups is 2. The summed E-state index contributed by atoms with van der Waals surface area (Å²) in [5.41, 5.74) is 0.0207. The van der Waals surface area contributed by atoms with Gasteiger partial charge in [0.2, 0.25) is 0 Å². The monoisotopic (exact) mass is 260 g/mol. The molecular weight excluding hydrogens is 251 g/mol. The molecule has 0 aliphatic rings. The number of nitrogens with zero attached hydrogens (tertiary/aromatic N) is 1. The van der Waals surface area contributed by atoms with Crippen molar-refractivity contribution in [2.45, 2.75) is 0 Å². The second kappa shape index (κ2) is 5.26. The molecule has 0 atom stereocenters. The summed E-state index contributed by atoms with van der Waals surface area (Å²) in [6.45, 7) is 0. The van der Waals surface area contributed by atoms with Crippen molar-refractivity contribution in [3.05, 3.63) is 59.7 Å². The van der Waals surface area contributed by atoms with Gasteiger partial charge in [-0.3, -0.25) is 9.78 Å². The maximum Gasteiger partial charge on any atom is 0.337 e. The molecule has 2 rings (SSSR count). The number of halogens is 1. The van der Waals surface area contributed by atoms with Gasteiger partial charge in [-0.05, 0) is 24.3 Å². The van der Waals surface area contributed by atoms with E-state index in [4.69, 9.17) is 5.11 Å². The van der Waals surface area contributed by atoms with Gasteiger partial charge in [0.15, 0.2) is 0 Å². The molecule has 0 unspecified atom stereocenters. The van der Waals surface area contributed by atoms with Gasteiger partial charge in [0.25, 0.3) is 5.91 Å². The van der Waals surface area contributed by atoms with E-state index in [1.807, 2.05) is 0 Å². The van der Waals surface area contributed by atoms with Crippen molar-refractivity contribution in [2.75, 3.05) is 5.32 Å². The fraction of sp³-hybridized carbons (Fsp3) is 0. The third-order valence-electron chi connectivity index (χ3n) is 2.37. The average Bonchev–Trinajstić information content (AvgIpc) is 2.41. The molecule has 6 heteroatoms. The third kappa shape index (κ3) is 2.92. The first-order chi connectivity index (χ1) is 9.08. The number of anilines is 1. The fourth-order valence-corrected chi connectivity index (χ4v) is 1.40. The van der Waals surface area contributed by atoms with Crippen LogP contribution in [-0.4, -0.2) is 22.0 Å². The number of nitrogens with one attached hydrogen (secondary N) is 1. The number of hydrogen-bond acceptors (Lipinski definition) is 3. The van der Waals surface area contributed by atoms with Crippen LogP contribution in [0.15, 0.2) is 42.6 Å². The number of carboxylic acids is 1. The van der Waals surface area contributed by atoms with Gasteiger partial charge < -0.3 is 10.4 Å². The predicted molar refractivity (Wildman–Crippen MR) is 65.5 cm³/mol. The zero-order valence-electron chi connectivity index (χ0n) is 9.63. The molecular formula is C13H9FN2O3. The number of pyridine rings is 1. The molecule has 2 aromatic rings. The van der Waals surface area contributed by atoms with Gasteiger partial charge in [0.1, 0.15) is 11.5 Å². The van der Waals surface area contributed by atoms with Crippen LogP contribution in [0.5, 0.6) is 0 Å². The summed E-state index contributed by atoms with van der Waals surface area (Å²) in [4.78, 5) is 26.1. The molecule has 0 bridgehead atoms. The minimum atomic E-state index is -1.13. The summed E-state index contributed by atoms with van der Waals surface area (Å²) in [6, 6.07) is 8.24. The number of para-hydroxylation sites is 1. The normalized spacial score (nSPS) is 9.95. The first-order valence-electron chi connectivity index (χ1n) is 5.33. The Labute approximate surface area is 107 Å². The number of rotatable bonds is 3. The zero-order valence-corrected chi connectivity index (χ0v) is 9.63. The second-order valence-corrected chi connectivity index (χ2v) is 3.67. The Hall–Kier alpha value is -2.76. The van der Waals surface area contributed by atoms with Gasteiger partial charge in [-0.2, -0.15) is 0 Å². The molecule has 2 N–H and O–H groups in total. The Kier molecular flexibility index (Phi) is 3.51. The highest BCUT2D eigenvalue weighted by molar-refractivity contribution is 6.03. The van der Waals surface area contributed by atoms with Crippen molar-refractivity contribution in [3.8, 4) is 0 Å². The smallest absolute Gasteiger partial charge is 0.337 e. The highest BCUT2D eigenvalue weighted by Crippen LogP contribution is 2.13. The zero-order chi connectivity index (χ0) is 13.8. The lowest BCUT2D eigenvalue weighted by molar-refractivity contribution is 0.0696. The minimum Gasteiger partial charge on any atom is -0.478 e. The molecule has 0 radical (unpaired) electrons. The van der Waals surface area contributed by atoms with Gasteiger partial charge in [0, 0.05) is 6.20 Å². The van der Waals surface area contributed by atoms with E-state index < -0.39 is 17.7 Å². The average molecular weight is 260 g/mol. The lowest BCUT2D eigenvalue weighted by atomic mass is 10.2. The first-order valence-corrected chi connectivity index (χ1v) is 5.33. The van der Waals surface area contributed by atoms with Crippen LogP contribution < -0.4 is 5.32 Å². The lowest BCUT2D eigenvalue weighted by Crippen LogP contribution is -2.15. The topological polar surface area (TPSA) is 79.3 Å². The van der Waals surface area contributed by atoms with E-state index in [9.17, 15) is 14.0 Å². The molecule has 1 heterocycles. The number of aromatic carboxylic acids is 1. The van der Waals surface area contributed by atoms with Gasteiger partial charge in [-0.15, -0.1) is 0 Å². The van der Waals surface area contributed by atoms with Crippen molar-refractivity contribution >= 4 is 17.6 Å². The Balaban J connectivity index is 2.16. The summed E-state index contributed by atoms with van der Waals surface area (Å²) < 4.78 is 13.3. The van der Waals surface area contributed by atoms with Gasteiger partial charge in [-0.1, -0.05) is 12.1 Å². The maximum atomic E-state index is 13.3. The number of carboxylic acid groups (broad SMARTS) is 1. The summed E-state index contributed by atoms with van der Waals surface area (Å²) in [7, 11) is 0. The standard InChI is InChI=1S/C13H9FN2O3/c14-9-3-1-2-4-10(9)16-12(17)11-6-5-8(7-15-11)13(18)19/h1-7H,(H,16,17)(H,18,19). The van der Waals surface area contributed by atoms with Gasteiger partial charge >= 0.3 is 5.97 Å². The molecule has 0 saturated heterocycles. The quantitative estimate of drug-likeness (QED) is 0.886. The lowest BCUT2D eigenvalue weighted by Gasteiger charge is -2.05. The van der Waals surface area contributed by atoms with Crippen LogP contribution >= 0.6 is 0 Å². The summed E-state index contributed by atoms with van der Waals surface area (Å²) in [5.74, 6) is -2.30. The molecule has 1 aromatic carbocycles.